The highest BCUT2D eigenvalue weighted by atomic mass is 35.5. The Morgan fingerprint density at radius 2 is 2.05 bits per heavy atom. The molecule has 0 unspecified atom stereocenters. The molecule has 1 aromatic rings. The third kappa shape index (κ3) is 2.80. The number of hydrogen-bond acceptors (Lipinski definition) is 3. The smallest absolute Gasteiger partial charge is 0.244 e. The van der Waals surface area contributed by atoms with E-state index < -0.39 is 27.0 Å². The number of aliphatic hydroxyl groups excluding tert-OH is 1. The Labute approximate surface area is 127 Å². The average Bonchev–Trinajstić information content (AvgIpc) is 2.38. The lowest BCUT2D eigenvalue weighted by Gasteiger charge is -2.33. The van der Waals surface area contributed by atoms with Crippen molar-refractivity contribution in [2.45, 2.75) is 24.3 Å². The van der Waals surface area contributed by atoms with Gasteiger partial charge in [-0.3, -0.25) is 0 Å². The van der Waals surface area contributed by atoms with Crippen LogP contribution in [-0.4, -0.2) is 37.0 Å². The third-order valence-corrected chi connectivity index (χ3v) is 6.12. The molecule has 8 heteroatoms. The number of piperidine rings is 1. The van der Waals surface area contributed by atoms with E-state index in [-0.39, 0.29) is 28.9 Å². The van der Waals surface area contributed by atoms with Crippen molar-refractivity contribution in [2.75, 3.05) is 13.1 Å². The highest BCUT2D eigenvalue weighted by Gasteiger charge is 2.34. The molecule has 1 aliphatic rings. The SMILES string of the molecule is C[C@@H]1CN(S(=O)(=O)c2ccc(Cl)c(F)c2Cl)CC[C@@H]1O. The van der Waals surface area contributed by atoms with Crippen molar-refractivity contribution in [1.82, 2.24) is 4.31 Å². The summed E-state index contributed by atoms with van der Waals surface area (Å²) in [4.78, 5) is -0.301. The number of rotatable bonds is 2. The van der Waals surface area contributed by atoms with Crippen LogP contribution in [0.3, 0.4) is 0 Å². The molecule has 1 saturated heterocycles. The van der Waals surface area contributed by atoms with Gasteiger partial charge in [0.2, 0.25) is 10.0 Å². The van der Waals surface area contributed by atoms with E-state index in [1.807, 2.05) is 0 Å². The van der Waals surface area contributed by atoms with E-state index in [0.29, 0.717) is 6.42 Å². The number of nitrogens with zero attached hydrogens (tertiary/aromatic N) is 1. The largest absolute Gasteiger partial charge is 0.393 e. The van der Waals surface area contributed by atoms with Crippen LogP contribution in [0.4, 0.5) is 4.39 Å². The van der Waals surface area contributed by atoms with E-state index in [9.17, 15) is 17.9 Å². The highest BCUT2D eigenvalue weighted by molar-refractivity contribution is 7.89. The molecule has 0 radical (unpaired) electrons. The first-order valence-corrected chi connectivity index (χ1v) is 8.26. The fourth-order valence-corrected chi connectivity index (χ4v) is 4.43. The molecule has 0 spiro atoms. The molecule has 1 aliphatic heterocycles. The van der Waals surface area contributed by atoms with Crippen LogP contribution in [0.1, 0.15) is 13.3 Å². The summed E-state index contributed by atoms with van der Waals surface area (Å²) < 4.78 is 39.8. The van der Waals surface area contributed by atoms with Crippen LogP contribution < -0.4 is 0 Å². The summed E-state index contributed by atoms with van der Waals surface area (Å²) in [6.45, 7) is 2.11. The number of halogens is 3. The molecule has 0 saturated carbocycles. The van der Waals surface area contributed by atoms with Crippen LogP contribution in [0.15, 0.2) is 17.0 Å². The molecule has 2 atom stereocenters. The predicted molar refractivity (Wildman–Crippen MR) is 75.0 cm³/mol. The monoisotopic (exact) mass is 341 g/mol. The van der Waals surface area contributed by atoms with Gasteiger partial charge < -0.3 is 5.11 Å². The van der Waals surface area contributed by atoms with Gasteiger partial charge in [-0.2, -0.15) is 4.31 Å². The first kappa shape index (κ1) is 16.0. The molecule has 0 aliphatic carbocycles. The van der Waals surface area contributed by atoms with E-state index in [1.165, 1.54) is 10.4 Å². The zero-order valence-corrected chi connectivity index (χ0v) is 13.0. The lowest BCUT2D eigenvalue weighted by molar-refractivity contribution is 0.0628. The predicted octanol–water partition coefficient (Wildman–Crippen LogP) is 2.52. The van der Waals surface area contributed by atoms with Crippen LogP contribution in [0.5, 0.6) is 0 Å². The lowest BCUT2D eigenvalue weighted by atomic mass is 9.99. The molecule has 1 fully saturated rings. The highest BCUT2D eigenvalue weighted by Crippen LogP contribution is 2.32. The fraction of sp³-hybridized carbons (Fsp3) is 0.500. The zero-order valence-electron chi connectivity index (χ0n) is 10.7. The molecular formula is C12H14Cl2FNO3S. The van der Waals surface area contributed by atoms with Gasteiger partial charge in [-0.1, -0.05) is 30.1 Å². The van der Waals surface area contributed by atoms with Crippen LogP contribution in [0.2, 0.25) is 10.0 Å². The third-order valence-electron chi connectivity index (χ3n) is 3.44. The summed E-state index contributed by atoms with van der Waals surface area (Å²) in [6.07, 6.45) is -0.187. The topological polar surface area (TPSA) is 57.6 Å². The van der Waals surface area contributed by atoms with Crippen molar-refractivity contribution in [1.29, 1.82) is 0 Å². The molecular weight excluding hydrogens is 328 g/mol. The minimum Gasteiger partial charge on any atom is -0.393 e. The molecule has 0 aromatic heterocycles. The second kappa shape index (κ2) is 5.77. The first-order valence-electron chi connectivity index (χ1n) is 6.07. The van der Waals surface area contributed by atoms with Crippen LogP contribution >= 0.6 is 23.2 Å². The quantitative estimate of drug-likeness (QED) is 0.841. The summed E-state index contributed by atoms with van der Waals surface area (Å²) in [5.74, 6) is -1.13. The van der Waals surface area contributed by atoms with E-state index in [4.69, 9.17) is 23.2 Å². The Hall–Kier alpha value is -0.400. The number of sulfonamides is 1. The first-order chi connectivity index (χ1) is 9.25. The molecule has 2 rings (SSSR count). The van der Waals surface area contributed by atoms with Crippen molar-refractivity contribution in [2.24, 2.45) is 5.92 Å². The minimum absolute atomic E-state index is 0.171. The van der Waals surface area contributed by atoms with Crippen molar-refractivity contribution in [3.8, 4) is 0 Å². The molecule has 0 bridgehead atoms. The zero-order chi connectivity index (χ0) is 15.1. The van der Waals surface area contributed by atoms with Gasteiger partial charge in [-0.15, -0.1) is 0 Å². The van der Waals surface area contributed by atoms with Crippen LogP contribution in [-0.2, 0) is 10.0 Å². The number of aliphatic hydroxyl groups is 1. The van der Waals surface area contributed by atoms with Gasteiger partial charge in [0, 0.05) is 13.1 Å². The van der Waals surface area contributed by atoms with Gasteiger partial charge >= 0.3 is 0 Å². The summed E-state index contributed by atoms with van der Waals surface area (Å²) >= 11 is 11.3. The van der Waals surface area contributed by atoms with Gasteiger partial charge in [-0.05, 0) is 24.5 Å². The molecule has 4 nitrogen and oxygen atoms in total. The second-order valence-corrected chi connectivity index (χ2v) is 7.56. The van der Waals surface area contributed by atoms with Gasteiger partial charge in [0.15, 0.2) is 5.82 Å². The molecule has 0 amide bonds. The van der Waals surface area contributed by atoms with Crippen LogP contribution in [0, 0.1) is 11.7 Å². The van der Waals surface area contributed by atoms with E-state index in [0.717, 1.165) is 6.07 Å². The maximum atomic E-state index is 13.6. The molecule has 112 valence electrons. The number of benzene rings is 1. The van der Waals surface area contributed by atoms with Gasteiger partial charge in [0.1, 0.15) is 4.90 Å². The Kier molecular flexibility index (Phi) is 4.61. The Balaban J connectivity index is 2.39. The van der Waals surface area contributed by atoms with Crippen molar-refractivity contribution in [3.05, 3.63) is 28.0 Å². The number of hydrogen-bond donors (Lipinski definition) is 1. The minimum atomic E-state index is -3.90. The molecule has 1 heterocycles. The molecule has 1 aromatic carbocycles. The van der Waals surface area contributed by atoms with Gasteiger partial charge in [0.25, 0.3) is 0 Å². The lowest BCUT2D eigenvalue weighted by Crippen LogP contribution is -2.44. The van der Waals surface area contributed by atoms with Gasteiger partial charge in [0.05, 0.1) is 16.1 Å². The van der Waals surface area contributed by atoms with E-state index >= 15 is 0 Å². The fourth-order valence-electron chi connectivity index (χ4n) is 2.16. The average molecular weight is 342 g/mol. The maximum absolute atomic E-state index is 13.6. The Bertz CT molecular complexity index is 623. The molecule has 20 heavy (non-hydrogen) atoms. The summed E-state index contributed by atoms with van der Waals surface area (Å²) in [5, 5.41) is 8.91. The summed E-state index contributed by atoms with van der Waals surface area (Å²) in [6, 6.07) is 2.36. The summed E-state index contributed by atoms with van der Waals surface area (Å²) in [5.41, 5.74) is 0. The van der Waals surface area contributed by atoms with E-state index in [2.05, 4.69) is 0 Å². The van der Waals surface area contributed by atoms with Crippen molar-refractivity contribution in [3.63, 3.8) is 0 Å². The second-order valence-electron chi connectivity index (χ2n) is 4.87. The Morgan fingerprint density at radius 1 is 1.40 bits per heavy atom. The van der Waals surface area contributed by atoms with Gasteiger partial charge in [-0.25, -0.2) is 12.8 Å². The van der Waals surface area contributed by atoms with Crippen LogP contribution in [0.25, 0.3) is 0 Å². The Morgan fingerprint density at radius 3 is 2.65 bits per heavy atom. The van der Waals surface area contributed by atoms with Crippen molar-refractivity contribution < 1.29 is 17.9 Å². The summed E-state index contributed by atoms with van der Waals surface area (Å²) in [7, 11) is -3.90. The molecule has 1 N–H and O–H groups in total. The maximum Gasteiger partial charge on any atom is 0.244 e. The normalized spacial score (nSPS) is 24.9. The standard InChI is InChI=1S/C12H14Cl2FNO3S/c1-7-6-16(5-4-9(7)17)20(18,19)10-3-2-8(13)12(15)11(10)14/h2-3,7,9,17H,4-6H2,1H3/t7-,9+/m1/s1. The van der Waals surface area contributed by atoms with E-state index in [1.54, 1.807) is 6.92 Å². The van der Waals surface area contributed by atoms with Crippen molar-refractivity contribution >= 4 is 33.2 Å².